The largest absolute Gasteiger partial charge is 0.355 e. The minimum Gasteiger partial charge on any atom is -0.355 e. The van der Waals surface area contributed by atoms with E-state index in [0.29, 0.717) is 12.5 Å². The van der Waals surface area contributed by atoms with Crippen LogP contribution in [0.25, 0.3) is 0 Å². The molecule has 0 aromatic carbocycles. The van der Waals surface area contributed by atoms with Gasteiger partial charge in [0.15, 0.2) is 0 Å². The van der Waals surface area contributed by atoms with Gasteiger partial charge in [-0.15, -0.1) is 0 Å². The second-order valence-corrected chi connectivity index (χ2v) is 5.77. The molecule has 1 unspecified atom stereocenters. The third kappa shape index (κ3) is 5.78. The van der Waals surface area contributed by atoms with E-state index in [9.17, 15) is 4.79 Å². The van der Waals surface area contributed by atoms with Crippen molar-refractivity contribution in [2.45, 2.75) is 53.1 Å². The zero-order valence-corrected chi connectivity index (χ0v) is 13.3. The maximum absolute atomic E-state index is 11.9. The van der Waals surface area contributed by atoms with Crippen LogP contribution in [0.3, 0.4) is 0 Å². The van der Waals surface area contributed by atoms with Crippen molar-refractivity contribution in [3.8, 4) is 0 Å². The molecule has 1 aromatic rings. The Morgan fingerprint density at radius 1 is 1.30 bits per heavy atom. The Morgan fingerprint density at radius 2 is 2.05 bits per heavy atom. The number of rotatable bonds is 9. The molecule has 0 fully saturated rings. The number of nitrogens with zero attached hydrogens (tertiary/aromatic N) is 1. The van der Waals surface area contributed by atoms with E-state index < -0.39 is 0 Å². The van der Waals surface area contributed by atoms with Crippen LogP contribution in [-0.2, 0) is 11.3 Å². The maximum Gasteiger partial charge on any atom is 0.239 e. The first kappa shape index (κ1) is 16.8. The summed E-state index contributed by atoms with van der Waals surface area (Å²) >= 11 is 0. The lowest BCUT2D eigenvalue weighted by molar-refractivity contribution is -0.121. The highest BCUT2D eigenvalue weighted by Crippen LogP contribution is 2.13. The predicted molar refractivity (Wildman–Crippen MR) is 83.6 cm³/mol. The van der Waals surface area contributed by atoms with Crippen molar-refractivity contribution in [2.24, 2.45) is 5.92 Å². The lowest BCUT2D eigenvalue weighted by atomic mass is 10.1. The van der Waals surface area contributed by atoms with Gasteiger partial charge < -0.3 is 15.2 Å². The maximum atomic E-state index is 11.9. The molecule has 1 rings (SSSR count). The van der Waals surface area contributed by atoms with Gasteiger partial charge in [-0.3, -0.25) is 4.79 Å². The summed E-state index contributed by atoms with van der Waals surface area (Å²) in [4.78, 5) is 11.9. The van der Waals surface area contributed by atoms with Crippen LogP contribution in [0.15, 0.2) is 18.3 Å². The van der Waals surface area contributed by atoms with Gasteiger partial charge in [0.05, 0.1) is 0 Å². The molecule has 1 atom stereocenters. The van der Waals surface area contributed by atoms with Crippen LogP contribution in [0.4, 0.5) is 0 Å². The Hall–Kier alpha value is -1.29. The minimum absolute atomic E-state index is 0.0887. The predicted octanol–water partition coefficient (Wildman–Crippen LogP) is 2.71. The topological polar surface area (TPSA) is 46.1 Å². The fourth-order valence-electron chi connectivity index (χ4n) is 2.14. The van der Waals surface area contributed by atoms with Gasteiger partial charge in [0.2, 0.25) is 5.91 Å². The number of aromatic nitrogens is 1. The van der Waals surface area contributed by atoms with Crippen LogP contribution in [0.2, 0.25) is 0 Å². The number of amides is 1. The first-order valence-electron chi connectivity index (χ1n) is 7.69. The molecule has 4 heteroatoms. The third-order valence-corrected chi connectivity index (χ3v) is 3.37. The molecular formula is C16H29N3O. The molecule has 20 heavy (non-hydrogen) atoms. The number of hydrogen-bond acceptors (Lipinski definition) is 2. The Bertz CT molecular complexity index is 398. The standard InChI is InChI=1S/C16H29N3O/c1-5-9-17-14(4)15-7-6-11-19(15)12-16(20)18-10-8-13(2)3/h6-7,11,13-14,17H,5,8-10,12H2,1-4H3,(H,18,20). The van der Waals surface area contributed by atoms with E-state index in [2.05, 4.69) is 44.4 Å². The Balaban J connectivity index is 2.47. The van der Waals surface area contributed by atoms with Crippen LogP contribution >= 0.6 is 0 Å². The second-order valence-electron chi connectivity index (χ2n) is 5.77. The normalized spacial score (nSPS) is 12.7. The molecule has 0 aliphatic carbocycles. The van der Waals surface area contributed by atoms with Gasteiger partial charge in [-0.05, 0) is 44.4 Å². The number of hydrogen-bond donors (Lipinski definition) is 2. The number of carbonyl (C=O) groups excluding carboxylic acids is 1. The summed E-state index contributed by atoms with van der Waals surface area (Å²) in [6.45, 7) is 10.8. The monoisotopic (exact) mass is 279 g/mol. The van der Waals surface area contributed by atoms with E-state index in [1.807, 2.05) is 16.8 Å². The fourth-order valence-corrected chi connectivity index (χ4v) is 2.14. The van der Waals surface area contributed by atoms with Crippen molar-refractivity contribution in [1.29, 1.82) is 0 Å². The highest BCUT2D eigenvalue weighted by atomic mass is 16.1. The van der Waals surface area contributed by atoms with Crippen LogP contribution in [0, 0.1) is 5.92 Å². The molecule has 4 nitrogen and oxygen atoms in total. The van der Waals surface area contributed by atoms with Crippen LogP contribution < -0.4 is 10.6 Å². The van der Waals surface area contributed by atoms with Gasteiger partial charge in [-0.2, -0.15) is 0 Å². The molecule has 0 bridgehead atoms. The fraction of sp³-hybridized carbons (Fsp3) is 0.688. The Kier molecular flexibility index (Phi) is 7.37. The minimum atomic E-state index is 0.0887. The average Bonchev–Trinajstić information content (AvgIpc) is 2.83. The lowest BCUT2D eigenvalue weighted by Crippen LogP contribution is -2.30. The van der Waals surface area contributed by atoms with Crippen molar-refractivity contribution < 1.29 is 4.79 Å². The van der Waals surface area contributed by atoms with Crippen LogP contribution in [-0.4, -0.2) is 23.6 Å². The van der Waals surface area contributed by atoms with E-state index in [0.717, 1.165) is 31.6 Å². The molecule has 1 heterocycles. The van der Waals surface area contributed by atoms with Crippen molar-refractivity contribution in [2.75, 3.05) is 13.1 Å². The molecule has 114 valence electrons. The van der Waals surface area contributed by atoms with Crippen molar-refractivity contribution in [3.05, 3.63) is 24.0 Å². The van der Waals surface area contributed by atoms with E-state index in [-0.39, 0.29) is 11.9 Å². The molecule has 0 saturated heterocycles. The summed E-state index contributed by atoms with van der Waals surface area (Å²) < 4.78 is 2.03. The number of nitrogens with one attached hydrogen (secondary N) is 2. The molecule has 1 aromatic heterocycles. The second kappa shape index (κ2) is 8.80. The summed E-state index contributed by atoms with van der Waals surface area (Å²) in [6, 6.07) is 4.35. The summed E-state index contributed by atoms with van der Waals surface area (Å²) in [5.41, 5.74) is 1.16. The van der Waals surface area contributed by atoms with Gasteiger partial charge in [0, 0.05) is 24.5 Å². The van der Waals surface area contributed by atoms with E-state index in [1.165, 1.54) is 0 Å². The van der Waals surface area contributed by atoms with Gasteiger partial charge in [-0.25, -0.2) is 0 Å². The van der Waals surface area contributed by atoms with Crippen molar-refractivity contribution >= 4 is 5.91 Å². The Morgan fingerprint density at radius 3 is 2.70 bits per heavy atom. The average molecular weight is 279 g/mol. The summed E-state index contributed by atoms with van der Waals surface area (Å²) in [5, 5.41) is 6.44. The molecule has 0 spiro atoms. The Labute approximate surface area is 122 Å². The highest BCUT2D eigenvalue weighted by Gasteiger charge is 2.11. The van der Waals surface area contributed by atoms with Gasteiger partial charge in [-0.1, -0.05) is 20.8 Å². The molecule has 0 aliphatic heterocycles. The third-order valence-electron chi connectivity index (χ3n) is 3.37. The van der Waals surface area contributed by atoms with Crippen LogP contribution in [0.5, 0.6) is 0 Å². The van der Waals surface area contributed by atoms with Gasteiger partial charge >= 0.3 is 0 Å². The van der Waals surface area contributed by atoms with E-state index in [1.54, 1.807) is 0 Å². The molecule has 0 saturated carbocycles. The smallest absolute Gasteiger partial charge is 0.239 e. The summed E-state index contributed by atoms with van der Waals surface area (Å²) in [7, 11) is 0. The van der Waals surface area contributed by atoms with Crippen molar-refractivity contribution in [1.82, 2.24) is 15.2 Å². The quantitative estimate of drug-likeness (QED) is 0.730. The zero-order chi connectivity index (χ0) is 15.0. The van der Waals surface area contributed by atoms with Gasteiger partial charge in [0.25, 0.3) is 0 Å². The van der Waals surface area contributed by atoms with Gasteiger partial charge in [0.1, 0.15) is 6.54 Å². The van der Waals surface area contributed by atoms with Crippen LogP contribution in [0.1, 0.15) is 52.3 Å². The molecule has 0 aliphatic rings. The lowest BCUT2D eigenvalue weighted by Gasteiger charge is -2.17. The summed E-state index contributed by atoms with van der Waals surface area (Å²) in [5.74, 6) is 0.710. The molecule has 0 radical (unpaired) electrons. The first-order chi connectivity index (χ1) is 9.54. The first-order valence-corrected chi connectivity index (χ1v) is 7.69. The van der Waals surface area contributed by atoms with E-state index in [4.69, 9.17) is 0 Å². The molecular weight excluding hydrogens is 250 g/mol. The van der Waals surface area contributed by atoms with Crippen molar-refractivity contribution in [3.63, 3.8) is 0 Å². The summed E-state index contributed by atoms with van der Waals surface area (Å²) in [6.07, 6.45) is 4.11. The van der Waals surface area contributed by atoms with E-state index >= 15 is 0 Å². The number of carbonyl (C=O) groups is 1. The highest BCUT2D eigenvalue weighted by molar-refractivity contribution is 5.75. The zero-order valence-electron chi connectivity index (χ0n) is 13.3. The molecule has 2 N–H and O–H groups in total. The SMILES string of the molecule is CCCNC(C)c1cccn1CC(=O)NCCC(C)C. The molecule has 1 amide bonds.